The van der Waals surface area contributed by atoms with Crippen LogP contribution in [0.2, 0.25) is 0 Å². The Bertz CT molecular complexity index is 241. The molecule has 5 heteroatoms. The quantitative estimate of drug-likeness (QED) is 0.718. The van der Waals surface area contributed by atoms with E-state index in [0.717, 1.165) is 0 Å². The fourth-order valence-corrected chi connectivity index (χ4v) is 1.35. The van der Waals surface area contributed by atoms with Gasteiger partial charge in [-0.2, -0.15) is 18.4 Å². The Kier molecular flexibility index (Phi) is 5.80. The number of hydrogen-bond acceptors (Lipinski definition) is 2. The van der Waals surface area contributed by atoms with Gasteiger partial charge in [0.1, 0.15) is 0 Å². The summed E-state index contributed by atoms with van der Waals surface area (Å²) in [6.45, 7) is 5.68. The topological polar surface area (TPSA) is 35.8 Å². The number of halogens is 3. The van der Waals surface area contributed by atoms with Crippen LogP contribution >= 0.6 is 0 Å². The molecule has 0 saturated carbocycles. The molecule has 0 radical (unpaired) electrons. The Morgan fingerprint density at radius 2 is 1.88 bits per heavy atom. The van der Waals surface area contributed by atoms with Crippen LogP contribution in [0.3, 0.4) is 0 Å². The molecule has 0 aromatic carbocycles. The van der Waals surface area contributed by atoms with Gasteiger partial charge in [0.15, 0.2) is 0 Å². The molecule has 1 atom stereocenters. The Labute approximate surface area is 94.8 Å². The molecular weight excluding hydrogens is 217 g/mol. The minimum absolute atomic E-state index is 0.394. The minimum atomic E-state index is -4.11. The highest BCUT2D eigenvalue weighted by molar-refractivity contribution is 4.91. The summed E-state index contributed by atoms with van der Waals surface area (Å²) in [5.41, 5.74) is -0.394. The van der Waals surface area contributed by atoms with Crippen molar-refractivity contribution in [2.24, 2.45) is 5.41 Å². The largest absolute Gasteiger partial charge is 0.390 e. The second kappa shape index (κ2) is 6.09. The van der Waals surface area contributed by atoms with Gasteiger partial charge < -0.3 is 5.32 Å². The van der Waals surface area contributed by atoms with E-state index in [0.29, 0.717) is 19.4 Å². The Morgan fingerprint density at radius 1 is 1.31 bits per heavy atom. The van der Waals surface area contributed by atoms with E-state index in [1.165, 1.54) is 6.92 Å². The number of alkyl halides is 3. The zero-order chi connectivity index (χ0) is 12.8. The Morgan fingerprint density at radius 3 is 2.31 bits per heavy atom. The van der Waals surface area contributed by atoms with E-state index in [1.807, 2.05) is 13.8 Å². The van der Waals surface area contributed by atoms with Crippen molar-refractivity contribution in [3.05, 3.63) is 0 Å². The maximum atomic E-state index is 12.0. The highest BCUT2D eigenvalue weighted by atomic mass is 19.4. The van der Waals surface area contributed by atoms with Gasteiger partial charge in [0.25, 0.3) is 0 Å². The summed E-state index contributed by atoms with van der Waals surface area (Å²) in [7, 11) is 0. The summed E-state index contributed by atoms with van der Waals surface area (Å²) in [4.78, 5) is 0. The van der Waals surface area contributed by atoms with Gasteiger partial charge >= 0.3 is 6.18 Å². The van der Waals surface area contributed by atoms with Gasteiger partial charge in [-0.05, 0) is 40.2 Å². The molecule has 0 aromatic rings. The monoisotopic (exact) mass is 236 g/mol. The lowest BCUT2D eigenvalue weighted by Gasteiger charge is -2.18. The zero-order valence-electron chi connectivity index (χ0n) is 9.99. The maximum absolute atomic E-state index is 12.0. The number of nitrogens with one attached hydrogen (secondary N) is 1. The second-order valence-corrected chi connectivity index (χ2v) is 4.77. The number of nitriles is 1. The fourth-order valence-electron chi connectivity index (χ4n) is 1.35. The summed E-state index contributed by atoms with van der Waals surface area (Å²) >= 11 is 0. The van der Waals surface area contributed by atoms with E-state index in [4.69, 9.17) is 5.26 Å². The van der Waals surface area contributed by atoms with Gasteiger partial charge in [-0.25, -0.2) is 0 Å². The number of hydrogen-bond donors (Lipinski definition) is 1. The molecule has 0 aliphatic heterocycles. The first-order valence-electron chi connectivity index (χ1n) is 5.38. The smallest absolute Gasteiger partial charge is 0.314 e. The molecule has 0 fully saturated rings. The molecule has 94 valence electrons. The normalized spacial score (nSPS) is 14.6. The first-order valence-corrected chi connectivity index (χ1v) is 5.38. The highest BCUT2D eigenvalue weighted by Gasteiger charge is 2.29. The van der Waals surface area contributed by atoms with E-state index < -0.39 is 24.1 Å². The number of rotatable bonds is 6. The van der Waals surface area contributed by atoms with E-state index in [9.17, 15) is 13.2 Å². The molecular formula is C11H19F3N2. The number of nitrogens with zero attached hydrogens (tertiary/aromatic N) is 1. The molecule has 0 aliphatic carbocycles. The van der Waals surface area contributed by atoms with Crippen molar-refractivity contribution in [1.29, 1.82) is 5.26 Å². The molecule has 0 aliphatic rings. The molecule has 1 unspecified atom stereocenters. The van der Waals surface area contributed by atoms with E-state index >= 15 is 0 Å². The third-order valence-corrected chi connectivity index (χ3v) is 2.31. The second-order valence-electron chi connectivity index (χ2n) is 4.77. The van der Waals surface area contributed by atoms with Crippen LogP contribution in [0.4, 0.5) is 13.2 Å². The van der Waals surface area contributed by atoms with Gasteiger partial charge in [-0.15, -0.1) is 0 Å². The van der Waals surface area contributed by atoms with E-state index in [-0.39, 0.29) is 0 Å². The van der Waals surface area contributed by atoms with Crippen molar-refractivity contribution < 1.29 is 13.2 Å². The van der Waals surface area contributed by atoms with Gasteiger partial charge in [0, 0.05) is 6.04 Å². The average molecular weight is 236 g/mol. The summed E-state index contributed by atoms with van der Waals surface area (Å²) < 4.78 is 35.9. The lowest BCUT2D eigenvalue weighted by molar-refractivity contribution is -0.139. The molecule has 0 rings (SSSR count). The molecule has 0 amide bonds. The SMILES string of the molecule is CC(CC(F)(F)F)NCCCC(C)(C)C#N. The summed E-state index contributed by atoms with van der Waals surface area (Å²) in [6.07, 6.45) is -3.52. The summed E-state index contributed by atoms with van der Waals surface area (Å²) in [6, 6.07) is 1.60. The Balaban J connectivity index is 3.65. The molecule has 0 heterocycles. The lowest BCUT2D eigenvalue weighted by Crippen LogP contribution is -2.32. The fraction of sp³-hybridized carbons (Fsp3) is 0.909. The lowest BCUT2D eigenvalue weighted by atomic mass is 9.90. The minimum Gasteiger partial charge on any atom is -0.314 e. The predicted octanol–water partition coefficient (Wildman–Crippen LogP) is 3.25. The van der Waals surface area contributed by atoms with Crippen molar-refractivity contribution >= 4 is 0 Å². The first kappa shape index (κ1) is 15.2. The maximum Gasteiger partial charge on any atom is 0.390 e. The standard InChI is InChI=1S/C11H19F3N2/c1-9(7-11(12,13)14)16-6-4-5-10(2,3)8-15/h9,16H,4-7H2,1-3H3. The van der Waals surface area contributed by atoms with Crippen LogP contribution in [0.15, 0.2) is 0 Å². The molecule has 1 N–H and O–H groups in total. The third-order valence-electron chi connectivity index (χ3n) is 2.31. The van der Waals surface area contributed by atoms with Gasteiger partial charge in [0.05, 0.1) is 17.9 Å². The van der Waals surface area contributed by atoms with Crippen LogP contribution in [-0.2, 0) is 0 Å². The molecule has 0 aromatic heterocycles. The first-order chi connectivity index (χ1) is 7.16. The van der Waals surface area contributed by atoms with Gasteiger partial charge in [0.2, 0.25) is 0 Å². The molecule has 0 spiro atoms. The highest BCUT2D eigenvalue weighted by Crippen LogP contribution is 2.22. The van der Waals surface area contributed by atoms with Crippen molar-refractivity contribution in [3.8, 4) is 6.07 Å². The van der Waals surface area contributed by atoms with Crippen LogP contribution in [0.1, 0.15) is 40.0 Å². The van der Waals surface area contributed by atoms with Crippen LogP contribution in [-0.4, -0.2) is 18.8 Å². The van der Waals surface area contributed by atoms with Gasteiger partial charge in [-0.1, -0.05) is 0 Å². The average Bonchev–Trinajstić information content (AvgIpc) is 2.10. The molecule has 0 bridgehead atoms. The Hall–Kier alpha value is -0.760. The zero-order valence-corrected chi connectivity index (χ0v) is 9.99. The molecule has 16 heavy (non-hydrogen) atoms. The van der Waals surface area contributed by atoms with Crippen LogP contribution in [0.25, 0.3) is 0 Å². The van der Waals surface area contributed by atoms with E-state index in [1.54, 1.807) is 0 Å². The van der Waals surface area contributed by atoms with Crippen LogP contribution in [0.5, 0.6) is 0 Å². The van der Waals surface area contributed by atoms with E-state index in [2.05, 4.69) is 11.4 Å². The van der Waals surface area contributed by atoms with Crippen molar-refractivity contribution in [2.75, 3.05) is 6.54 Å². The van der Waals surface area contributed by atoms with Gasteiger partial charge in [-0.3, -0.25) is 0 Å². The van der Waals surface area contributed by atoms with Crippen LogP contribution < -0.4 is 5.32 Å². The third kappa shape index (κ3) is 8.54. The van der Waals surface area contributed by atoms with Crippen molar-refractivity contribution in [2.45, 2.75) is 52.3 Å². The molecule has 2 nitrogen and oxygen atoms in total. The molecule has 0 saturated heterocycles. The summed E-state index contributed by atoms with van der Waals surface area (Å²) in [5.74, 6) is 0. The predicted molar refractivity (Wildman–Crippen MR) is 56.8 cm³/mol. The van der Waals surface area contributed by atoms with Crippen LogP contribution in [0, 0.1) is 16.7 Å². The van der Waals surface area contributed by atoms with Crippen molar-refractivity contribution in [1.82, 2.24) is 5.32 Å². The van der Waals surface area contributed by atoms with Crippen molar-refractivity contribution in [3.63, 3.8) is 0 Å². The summed E-state index contributed by atoms with van der Waals surface area (Å²) in [5, 5.41) is 11.5.